The molecule has 2 rings (SSSR count). The van der Waals surface area contributed by atoms with Crippen LogP contribution in [0.4, 0.5) is 0 Å². The van der Waals surface area contributed by atoms with Crippen molar-refractivity contribution >= 4 is 21.6 Å². The summed E-state index contributed by atoms with van der Waals surface area (Å²) >= 11 is 5.92. The lowest BCUT2D eigenvalue weighted by Gasteiger charge is -2.36. The van der Waals surface area contributed by atoms with Crippen LogP contribution < -0.4 is 0 Å². The van der Waals surface area contributed by atoms with Crippen LogP contribution in [0.25, 0.3) is 0 Å². The molecule has 0 spiro atoms. The molecule has 7 heteroatoms. The lowest BCUT2D eigenvalue weighted by Crippen LogP contribution is -2.51. The van der Waals surface area contributed by atoms with Crippen LogP contribution in [0.1, 0.15) is 26.0 Å². The average Bonchev–Trinajstić information content (AvgIpc) is 2.86. The number of likely N-dealkylation sites (N-methyl/N-ethyl adjacent to an activating group) is 1. The Balaban J connectivity index is 2.27. The predicted octanol–water partition coefficient (Wildman–Crippen LogP) is 1.96. The first-order valence-electron chi connectivity index (χ1n) is 7.35. The van der Waals surface area contributed by atoms with Gasteiger partial charge in [0.05, 0.1) is 5.88 Å². The maximum atomic E-state index is 12.8. The van der Waals surface area contributed by atoms with Gasteiger partial charge >= 0.3 is 0 Å². The third-order valence-corrected chi connectivity index (χ3v) is 6.23. The second kappa shape index (κ2) is 6.69. The quantitative estimate of drug-likeness (QED) is 0.774. The van der Waals surface area contributed by atoms with Gasteiger partial charge < -0.3 is 9.47 Å². The minimum absolute atomic E-state index is 0.235. The first-order valence-corrected chi connectivity index (χ1v) is 9.33. The maximum absolute atomic E-state index is 12.8. The monoisotopic (exact) mass is 333 g/mol. The van der Waals surface area contributed by atoms with Crippen molar-refractivity contribution in [3.05, 3.63) is 18.0 Å². The summed E-state index contributed by atoms with van der Waals surface area (Å²) in [7, 11) is -1.40. The SMILES string of the molecule is CCCn1cc(S(=O)(=O)N2CCN(C)C(C)C2)cc1CCl. The summed E-state index contributed by atoms with van der Waals surface area (Å²) in [5.41, 5.74) is 0.860. The van der Waals surface area contributed by atoms with Crippen molar-refractivity contribution in [3.63, 3.8) is 0 Å². The number of rotatable bonds is 5. The van der Waals surface area contributed by atoms with E-state index in [0.717, 1.165) is 25.2 Å². The highest BCUT2D eigenvalue weighted by atomic mass is 35.5. The molecule has 1 aromatic rings. The molecule has 1 aliphatic rings. The lowest BCUT2D eigenvalue weighted by molar-refractivity contribution is 0.159. The Hall–Kier alpha value is -0.560. The van der Waals surface area contributed by atoms with Gasteiger partial charge in [0.1, 0.15) is 4.90 Å². The molecule has 0 N–H and O–H groups in total. The van der Waals surface area contributed by atoms with Crippen LogP contribution in [0.5, 0.6) is 0 Å². The molecule has 0 aromatic carbocycles. The number of piperazine rings is 1. The summed E-state index contributed by atoms with van der Waals surface area (Å²) in [6, 6.07) is 1.94. The number of hydrogen-bond donors (Lipinski definition) is 0. The number of hydrogen-bond acceptors (Lipinski definition) is 3. The fourth-order valence-electron chi connectivity index (χ4n) is 2.61. The van der Waals surface area contributed by atoms with Crippen molar-refractivity contribution in [2.75, 3.05) is 26.7 Å². The Morgan fingerprint density at radius 3 is 2.67 bits per heavy atom. The molecule has 1 unspecified atom stereocenters. The fraction of sp³-hybridized carbons (Fsp3) is 0.714. The summed E-state index contributed by atoms with van der Waals surface area (Å²) in [5, 5.41) is 0. The molecule has 21 heavy (non-hydrogen) atoms. The Labute approximate surface area is 132 Å². The number of halogens is 1. The van der Waals surface area contributed by atoms with Crippen molar-refractivity contribution < 1.29 is 8.42 Å². The van der Waals surface area contributed by atoms with Crippen molar-refractivity contribution in [2.45, 2.75) is 43.6 Å². The molecule has 1 saturated heterocycles. The van der Waals surface area contributed by atoms with Crippen molar-refractivity contribution in [3.8, 4) is 0 Å². The predicted molar refractivity (Wildman–Crippen MR) is 85.1 cm³/mol. The number of aromatic nitrogens is 1. The van der Waals surface area contributed by atoms with Crippen LogP contribution in [0.3, 0.4) is 0 Å². The van der Waals surface area contributed by atoms with Crippen LogP contribution in [-0.4, -0.2) is 54.9 Å². The first-order chi connectivity index (χ1) is 9.90. The number of sulfonamides is 1. The van der Waals surface area contributed by atoms with Gasteiger partial charge in [0.15, 0.2) is 0 Å². The van der Waals surface area contributed by atoms with E-state index in [1.165, 1.54) is 0 Å². The van der Waals surface area contributed by atoms with Crippen LogP contribution in [0.15, 0.2) is 17.2 Å². The van der Waals surface area contributed by atoms with Gasteiger partial charge in [0.2, 0.25) is 10.0 Å². The van der Waals surface area contributed by atoms with E-state index in [1.807, 2.05) is 18.5 Å². The summed E-state index contributed by atoms with van der Waals surface area (Å²) in [6.45, 7) is 6.74. The van der Waals surface area contributed by atoms with Crippen molar-refractivity contribution in [1.29, 1.82) is 0 Å². The van der Waals surface area contributed by atoms with Gasteiger partial charge in [-0.3, -0.25) is 0 Å². The van der Waals surface area contributed by atoms with Gasteiger partial charge in [0.25, 0.3) is 0 Å². The smallest absolute Gasteiger partial charge is 0.244 e. The third kappa shape index (κ3) is 3.44. The van der Waals surface area contributed by atoms with Gasteiger partial charge in [-0.15, -0.1) is 11.6 Å². The van der Waals surface area contributed by atoms with Gasteiger partial charge in [-0.1, -0.05) is 6.92 Å². The summed E-state index contributed by atoms with van der Waals surface area (Å²) in [6.07, 6.45) is 2.67. The van der Waals surface area contributed by atoms with Gasteiger partial charge in [-0.25, -0.2) is 8.42 Å². The summed E-state index contributed by atoms with van der Waals surface area (Å²) in [5.74, 6) is 0.328. The lowest BCUT2D eigenvalue weighted by atomic mass is 10.2. The molecule has 120 valence electrons. The average molecular weight is 334 g/mol. The molecule has 1 aliphatic heterocycles. The molecular formula is C14H24ClN3O2S. The number of aryl methyl sites for hydroxylation is 1. The standard InChI is InChI=1S/C14H24ClN3O2S/c1-4-5-17-11-14(8-13(17)9-15)21(19,20)18-7-6-16(3)12(2)10-18/h8,11-12H,4-7,9-10H2,1-3H3. The molecule has 1 fully saturated rings. The third-order valence-electron chi connectivity index (χ3n) is 4.12. The van der Waals surface area contributed by atoms with Crippen molar-refractivity contribution in [2.24, 2.45) is 0 Å². The van der Waals surface area contributed by atoms with Crippen LogP contribution in [0.2, 0.25) is 0 Å². The maximum Gasteiger partial charge on any atom is 0.244 e. The Bertz CT molecular complexity index is 585. The topological polar surface area (TPSA) is 45.6 Å². The molecule has 0 radical (unpaired) electrons. The first kappa shape index (κ1) is 16.8. The van der Waals surface area contributed by atoms with E-state index in [9.17, 15) is 8.42 Å². The number of alkyl halides is 1. The Kier molecular flexibility index (Phi) is 5.35. The summed E-state index contributed by atoms with van der Waals surface area (Å²) < 4.78 is 29.1. The molecule has 0 bridgehead atoms. The second-order valence-corrected chi connectivity index (χ2v) is 7.89. The van der Waals surface area contributed by atoms with Gasteiger partial charge in [-0.2, -0.15) is 4.31 Å². The van der Waals surface area contributed by atoms with Gasteiger partial charge in [0, 0.05) is 44.1 Å². The van der Waals surface area contributed by atoms with E-state index >= 15 is 0 Å². The van der Waals surface area contributed by atoms with Crippen LogP contribution >= 0.6 is 11.6 Å². The normalized spacial score (nSPS) is 21.8. The molecule has 0 amide bonds. The van der Waals surface area contributed by atoms with E-state index < -0.39 is 10.0 Å². The Morgan fingerprint density at radius 2 is 2.10 bits per heavy atom. The fourth-order valence-corrected chi connectivity index (χ4v) is 4.42. The minimum atomic E-state index is -3.42. The molecule has 0 aliphatic carbocycles. The van der Waals surface area contributed by atoms with Gasteiger partial charge in [-0.05, 0) is 26.5 Å². The molecule has 1 atom stereocenters. The van der Waals surface area contributed by atoms with E-state index in [1.54, 1.807) is 16.6 Å². The zero-order valence-corrected chi connectivity index (χ0v) is 14.5. The van der Waals surface area contributed by atoms with Crippen LogP contribution in [-0.2, 0) is 22.4 Å². The van der Waals surface area contributed by atoms with E-state index in [2.05, 4.69) is 11.8 Å². The Morgan fingerprint density at radius 1 is 1.38 bits per heavy atom. The number of nitrogens with zero attached hydrogens (tertiary/aromatic N) is 3. The van der Waals surface area contributed by atoms with E-state index in [4.69, 9.17) is 11.6 Å². The highest BCUT2D eigenvalue weighted by molar-refractivity contribution is 7.89. The van der Waals surface area contributed by atoms with Crippen LogP contribution in [0, 0.1) is 0 Å². The van der Waals surface area contributed by atoms with E-state index in [-0.39, 0.29) is 6.04 Å². The molecule has 2 heterocycles. The zero-order valence-electron chi connectivity index (χ0n) is 12.9. The summed E-state index contributed by atoms with van der Waals surface area (Å²) in [4.78, 5) is 2.54. The second-order valence-electron chi connectivity index (χ2n) is 5.69. The highest BCUT2D eigenvalue weighted by Gasteiger charge is 2.31. The molecule has 0 saturated carbocycles. The molecule has 1 aromatic heterocycles. The minimum Gasteiger partial charge on any atom is -0.349 e. The zero-order chi connectivity index (χ0) is 15.6. The van der Waals surface area contributed by atoms with Crippen molar-refractivity contribution in [1.82, 2.24) is 13.8 Å². The van der Waals surface area contributed by atoms with E-state index in [0.29, 0.717) is 23.9 Å². The molecule has 5 nitrogen and oxygen atoms in total. The molecular weight excluding hydrogens is 310 g/mol. The highest BCUT2D eigenvalue weighted by Crippen LogP contribution is 2.23. The largest absolute Gasteiger partial charge is 0.349 e.